The summed E-state index contributed by atoms with van der Waals surface area (Å²) in [5.41, 5.74) is 0.814. The van der Waals surface area contributed by atoms with Crippen molar-refractivity contribution in [3.05, 3.63) is 22.7 Å². The Hall–Kier alpha value is -0.970. The van der Waals surface area contributed by atoms with E-state index in [1.165, 1.54) is 20.0 Å². The van der Waals surface area contributed by atoms with Crippen molar-refractivity contribution in [3.63, 3.8) is 0 Å². The van der Waals surface area contributed by atoms with Crippen molar-refractivity contribution < 1.29 is 9.84 Å². The Labute approximate surface area is 125 Å². The Balaban J connectivity index is 2.10. The lowest BCUT2D eigenvalue weighted by molar-refractivity contribution is 0.213. The lowest BCUT2D eigenvalue weighted by Crippen LogP contribution is -2.32. The summed E-state index contributed by atoms with van der Waals surface area (Å²) in [6.45, 7) is 2.83. The fourth-order valence-corrected chi connectivity index (χ4v) is 2.97. The lowest BCUT2D eigenvalue weighted by Gasteiger charge is -2.27. The number of halogens is 1. The van der Waals surface area contributed by atoms with E-state index in [0.717, 1.165) is 25.1 Å². The highest BCUT2D eigenvalue weighted by atomic mass is 35.5. The number of phenolic OH excluding ortho intramolecular Hbond substituents is 1. The van der Waals surface area contributed by atoms with Crippen LogP contribution in [0.1, 0.15) is 24.8 Å². The van der Waals surface area contributed by atoms with Gasteiger partial charge in [-0.25, -0.2) is 0 Å². The molecular weight excluding hydrogens is 276 g/mol. The van der Waals surface area contributed by atoms with E-state index in [9.17, 15) is 5.11 Å². The number of methoxy groups -OCH3 is 1. The fourth-order valence-electron chi connectivity index (χ4n) is 2.74. The summed E-state index contributed by atoms with van der Waals surface area (Å²) in [5.74, 6) is 0.624. The minimum Gasteiger partial charge on any atom is -0.504 e. The minimum atomic E-state index is 0.190. The Kier molecular flexibility index (Phi) is 5.52. The van der Waals surface area contributed by atoms with Gasteiger partial charge < -0.3 is 15.2 Å². The fraction of sp³-hybridized carbons (Fsp3) is 0.600. The third-order valence-corrected chi connectivity index (χ3v) is 4.15. The molecule has 1 heterocycles. The molecule has 0 radical (unpaired) electrons. The Morgan fingerprint density at radius 3 is 2.95 bits per heavy atom. The molecular formula is C15H23ClN2O2. The zero-order chi connectivity index (χ0) is 14.5. The number of phenols is 1. The van der Waals surface area contributed by atoms with Crippen LogP contribution in [0.25, 0.3) is 0 Å². The maximum Gasteiger partial charge on any atom is 0.162 e. The number of ether oxygens (including phenoxy) is 1. The van der Waals surface area contributed by atoms with Crippen molar-refractivity contribution >= 4 is 11.6 Å². The monoisotopic (exact) mass is 298 g/mol. The third kappa shape index (κ3) is 3.78. The first-order valence-electron chi connectivity index (χ1n) is 7.08. The van der Waals surface area contributed by atoms with Crippen molar-refractivity contribution in [2.45, 2.75) is 31.8 Å². The molecule has 0 aromatic heterocycles. The molecule has 0 aliphatic carbocycles. The van der Waals surface area contributed by atoms with Crippen LogP contribution >= 0.6 is 11.6 Å². The second-order valence-corrected chi connectivity index (χ2v) is 5.80. The number of rotatable bonds is 4. The molecule has 20 heavy (non-hydrogen) atoms. The van der Waals surface area contributed by atoms with Gasteiger partial charge in [0.1, 0.15) is 0 Å². The van der Waals surface area contributed by atoms with Gasteiger partial charge in [-0.2, -0.15) is 0 Å². The Morgan fingerprint density at radius 1 is 1.40 bits per heavy atom. The molecule has 1 atom stereocenters. The second kappa shape index (κ2) is 7.16. The van der Waals surface area contributed by atoms with Gasteiger partial charge in [0, 0.05) is 29.2 Å². The predicted molar refractivity (Wildman–Crippen MR) is 81.6 cm³/mol. The van der Waals surface area contributed by atoms with E-state index in [2.05, 4.69) is 17.3 Å². The highest BCUT2D eigenvalue weighted by molar-refractivity contribution is 6.30. The highest BCUT2D eigenvalue weighted by Crippen LogP contribution is 2.34. The third-order valence-electron chi connectivity index (χ3n) is 3.93. The molecule has 1 unspecified atom stereocenters. The smallest absolute Gasteiger partial charge is 0.162 e. The molecule has 1 aromatic rings. The van der Waals surface area contributed by atoms with Crippen LogP contribution in [0.5, 0.6) is 11.5 Å². The predicted octanol–water partition coefficient (Wildman–Crippen LogP) is 2.63. The normalized spacial score (nSPS) is 19.9. The van der Waals surface area contributed by atoms with E-state index in [4.69, 9.17) is 16.3 Å². The van der Waals surface area contributed by atoms with Gasteiger partial charge in [-0.1, -0.05) is 11.6 Å². The van der Waals surface area contributed by atoms with Crippen molar-refractivity contribution in [1.29, 1.82) is 0 Å². The van der Waals surface area contributed by atoms with Crippen LogP contribution in [-0.4, -0.2) is 43.3 Å². The van der Waals surface area contributed by atoms with E-state index in [1.54, 1.807) is 6.07 Å². The number of hydrogen-bond acceptors (Lipinski definition) is 4. The van der Waals surface area contributed by atoms with Crippen LogP contribution in [0, 0.1) is 0 Å². The van der Waals surface area contributed by atoms with Gasteiger partial charge in [0.2, 0.25) is 0 Å². The first-order chi connectivity index (χ1) is 9.61. The minimum absolute atomic E-state index is 0.190. The largest absolute Gasteiger partial charge is 0.504 e. The molecule has 1 aliphatic heterocycles. The van der Waals surface area contributed by atoms with Crippen molar-refractivity contribution in [2.75, 3.05) is 27.2 Å². The summed E-state index contributed by atoms with van der Waals surface area (Å²) >= 11 is 6.08. The lowest BCUT2D eigenvalue weighted by atomic mass is 10.1. The van der Waals surface area contributed by atoms with Crippen LogP contribution in [0.3, 0.4) is 0 Å². The molecule has 1 aromatic carbocycles. The molecule has 0 amide bonds. The molecule has 1 aliphatic rings. The molecule has 0 bridgehead atoms. The van der Waals surface area contributed by atoms with Crippen LogP contribution in [-0.2, 0) is 6.54 Å². The van der Waals surface area contributed by atoms with Crippen molar-refractivity contribution in [3.8, 4) is 11.5 Å². The van der Waals surface area contributed by atoms with E-state index in [1.807, 2.05) is 6.07 Å². The second-order valence-electron chi connectivity index (χ2n) is 5.37. The van der Waals surface area contributed by atoms with Crippen LogP contribution in [0.2, 0.25) is 5.02 Å². The maximum atomic E-state index is 10.2. The number of nitrogens with zero attached hydrogens (tertiary/aromatic N) is 1. The summed E-state index contributed by atoms with van der Waals surface area (Å²) in [6, 6.07) is 3.98. The van der Waals surface area contributed by atoms with Crippen LogP contribution in [0.4, 0.5) is 0 Å². The van der Waals surface area contributed by atoms with Gasteiger partial charge in [-0.15, -0.1) is 0 Å². The maximum absolute atomic E-state index is 10.2. The highest BCUT2D eigenvalue weighted by Gasteiger charge is 2.19. The first-order valence-corrected chi connectivity index (χ1v) is 7.46. The molecule has 2 rings (SSSR count). The SMILES string of the molecule is COc1cc(Cl)cc(CN(C)C2CCCNCC2)c1O. The molecule has 2 N–H and O–H groups in total. The van der Waals surface area contributed by atoms with E-state index in [-0.39, 0.29) is 5.75 Å². The van der Waals surface area contributed by atoms with E-state index >= 15 is 0 Å². The summed E-state index contributed by atoms with van der Waals surface area (Å²) in [5, 5.41) is 14.2. The summed E-state index contributed by atoms with van der Waals surface area (Å²) in [7, 11) is 3.64. The molecule has 5 heteroatoms. The Morgan fingerprint density at radius 2 is 2.20 bits per heavy atom. The summed E-state index contributed by atoms with van der Waals surface area (Å²) in [4.78, 5) is 2.29. The van der Waals surface area contributed by atoms with Gasteiger partial charge in [0.05, 0.1) is 7.11 Å². The van der Waals surface area contributed by atoms with E-state index in [0.29, 0.717) is 23.4 Å². The average molecular weight is 299 g/mol. The quantitative estimate of drug-likeness (QED) is 0.897. The van der Waals surface area contributed by atoms with Gasteiger partial charge in [0.15, 0.2) is 11.5 Å². The average Bonchev–Trinajstić information content (AvgIpc) is 2.71. The Bertz CT molecular complexity index is 446. The zero-order valence-corrected chi connectivity index (χ0v) is 12.9. The van der Waals surface area contributed by atoms with Crippen molar-refractivity contribution in [1.82, 2.24) is 10.2 Å². The van der Waals surface area contributed by atoms with E-state index < -0.39 is 0 Å². The van der Waals surface area contributed by atoms with Gasteiger partial charge in [-0.05, 0) is 45.5 Å². The standard InChI is InChI=1S/C15H23ClN2O2/c1-18(13-4-3-6-17-7-5-13)10-11-8-12(16)9-14(20-2)15(11)19/h8-9,13,17,19H,3-7,10H2,1-2H3. The zero-order valence-electron chi connectivity index (χ0n) is 12.2. The molecule has 0 spiro atoms. The molecule has 1 fully saturated rings. The topological polar surface area (TPSA) is 44.7 Å². The number of nitrogens with one attached hydrogen (secondary N) is 1. The number of benzene rings is 1. The molecule has 4 nitrogen and oxygen atoms in total. The van der Waals surface area contributed by atoms with Crippen LogP contribution < -0.4 is 10.1 Å². The summed E-state index contributed by atoms with van der Waals surface area (Å²) < 4.78 is 5.15. The summed E-state index contributed by atoms with van der Waals surface area (Å²) in [6.07, 6.45) is 3.51. The van der Waals surface area contributed by atoms with Gasteiger partial charge in [0.25, 0.3) is 0 Å². The van der Waals surface area contributed by atoms with Gasteiger partial charge >= 0.3 is 0 Å². The molecule has 1 saturated heterocycles. The first kappa shape index (κ1) is 15.4. The van der Waals surface area contributed by atoms with Crippen molar-refractivity contribution in [2.24, 2.45) is 0 Å². The number of aromatic hydroxyl groups is 1. The number of hydrogen-bond donors (Lipinski definition) is 2. The van der Waals surface area contributed by atoms with Gasteiger partial charge in [-0.3, -0.25) is 4.90 Å². The van der Waals surface area contributed by atoms with Crippen LogP contribution in [0.15, 0.2) is 12.1 Å². The molecule has 112 valence electrons. The molecule has 0 saturated carbocycles.